The molecule has 4 rings (SSSR count). The monoisotopic (exact) mass is 410 g/mol. The zero-order chi connectivity index (χ0) is 21.6. The van der Waals surface area contributed by atoms with Gasteiger partial charge in [-0.1, -0.05) is 26.3 Å². The zero-order valence-electron chi connectivity index (χ0n) is 17.3. The Morgan fingerprint density at radius 1 is 1.31 bits per heavy atom. The number of esters is 2. The van der Waals surface area contributed by atoms with Crippen molar-refractivity contribution in [3.05, 3.63) is 11.6 Å². The summed E-state index contributed by atoms with van der Waals surface area (Å²) in [4.78, 5) is 23.7. The molecule has 2 bridgehead atoms. The summed E-state index contributed by atoms with van der Waals surface area (Å²) < 4.78 is 10.7. The molecule has 1 saturated heterocycles. The molecule has 3 aliphatic carbocycles. The first kappa shape index (κ1) is 20.8. The van der Waals surface area contributed by atoms with Crippen LogP contribution in [0, 0.1) is 17.3 Å². The Morgan fingerprint density at radius 2 is 1.97 bits per heavy atom. The summed E-state index contributed by atoms with van der Waals surface area (Å²) in [5.41, 5.74) is -8.75. The number of ether oxygens (including phenoxy) is 2. The normalized spacial score (nSPS) is 51.6. The molecule has 0 aromatic rings. The lowest BCUT2D eigenvalue weighted by Crippen LogP contribution is -2.76. The number of aliphatic hydroxyl groups excluding tert-OH is 1. The summed E-state index contributed by atoms with van der Waals surface area (Å²) in [6.45, 7) is 6.53. The second-order valence-electron chi connectivity index (χ2n) is 9.77. The van der Waals surface area contributed by atoms with Gasteiger partial charge in [0.15, 0.2) is 5.60 Å². The Morgan fingerprint density at radius 3 is 2.59 bits per heavy atom. The van der Waals surface area contributed by atoms with Crippen molar-refractivity contribution in [1.82, 2.24) is 0 Å². The molecule has 29 heavy (non-hydrogen) atoms. The van der Waals surface area contributed by atoms with Crippen LogP contribution in [0.4, 0.5) is 0 Å². The molecule has 0 radical (unpaired) electrons. The van der Waals surface area contributed by atoms with E-state index in [9.17, 15) is 30.0 Å². The van der Waals surface area contributed by atoms with Gasteiger partial charge in [0.2, 0.25) is 5.60 Å². The van der Waals surface area contributed by atoms with Gasteiger partial charge in [-0.05, 0) is 24.8 Å². The van der Waals surface area contributed by atoms with Crippen molar-refractivity contribution in [3.8, 4) is 0 Å². The predicted octanol–water partition coefficient (Wildman–Crippen LogP) is 0.205. The van der Waals surface area contributed by atoms with Gasteiger partial charge in [0.1, 0.15) is 17.3 Å². The maximum atomic E-state index is 12.5. The first-order valence-electron chi connectivity index (χ1n) is 10.2. The smallest absolute Gasteiger partial charge is 0.307 e. The lowest BCUT2D eigenvalue weighted by molar-refractivity contribution is -0.305. The molecule has 8 atom stereocenters. The van der Waals surface area contributed by atoms with Crippen LogP contribution in [0.3, 0.4) is 0 Å². The van der Waals surface area contributed by atoms with E-state index in [1.54, 1.807) is 20.8 Å². The van der Waals surface area contributed by atoms with Crippen LogP contribution < -0.4 is 0 Å². The van der Waals surface area contributed by atoms with E-state index in [1.807, 2.05) is 0 Å². The van der Waals surface area contributed by atoms with Gasteiger partial charge in [-0.3, -0.25) is 9.59 Å². The zero-order valence-corrected chi connectivity index (χ0v) is 17.3. The second-order valence-corrected chi connectivity index (χ2v) is 9.77. The molecule has 8 unspecified atom stereocenters. The van der Waals surface area contributed by atoms with Gasteiger partial charge in [0.25, 0.3) is 0 Å². The minimum atomic E-state index is -2.18. The SMILES string of the molecule is CC(=O)OCC(C)C1=CC2(O)C(O)(C1)C1(C)CC(=O)OC23C(O)C(C)CCC13O. The summed E-state index contributed by atoms with van der Waals surface area (Å²) in [6.07, 6.45) is 0.430. The molecule has 162 valence electrons. The molecule has 2 saturated carbocycles. The van der Waals surface area contributed by atoms with Crippen LogP contribution in [-0.4, -0.2) is 67.5 Å². The lowest BCUT2D eigenvalue weighted by Gasteiger charge is -2.59. The summed E-state index contributed by atoms with van der Waals surface area (Å²) >= 11 is 0. The highest BCUT2D eigenvalue weighted by molar-refractivity contribution is 5.76. The second kappa shape index (κ2) is 5.81. The van der Waals surface area contributed by atoms with E-state index in [4.69, 9.17) is 9.47 Å². The molecule has 1 heterocycles. The molecule has 0 aromatic heterocycles. The molecule has 3 fully saturated rings. The van der Waals surface area contributed by atoms with E-state index >= 15 is 0 Å². The van der Waals surface area contributed by atoms with Gasteiger partial charge in [-0.25, -0.2) is 0 Å². The van der Waals surface area contributed by atoms with Crippen molar-refractivity contribution in [2.75, 3.05) is 6.61 Å². The molecular formula is C21H30O8. The fraction of sp³-hybridized carbons (Fsp3) is 0.810. The fourth-order valence-electron chi connectivity index (χ4n) is 6.58. The van der Waals surface area contributed by atoms with Gasteiger partial charge in [0.05, 0.1) is 13.0 Å². The molecule has 1 aliphatic heterocycles. The number of aliphatic hydroxyl groups is 4. The Bertz CT molecular complexity index is 809. The average Bonchev–Trinajstić information content (AvgIpc) is 2.94. The number of carbonyl (C=O) groups is 2. The van der Waals surface area contributed by atoms with E-state index < -0.39 is 45.9 Å². The Hall–Kier alpha value is -1.48. The number of fused-ring (bicyclic) bond motifs is 2. The molecule has 4 N–H and O–H groups in total. The minimum Gasteiger partial charge on any atom is -0.465 e. The van der Waals surface area contributed by atoms with E-state index in [0.29, 0.717) is 12.0 Å². The molecule has 0 amide bonds. The van der Waals surface area contributed by atoms with Gasteiger partial charge < -0.3 is 29.9 Å². The van der Waals surface area contributed by atoms with Crippen molar-refractivity contribution in [2.24, 2.45) is 17.3 Å². The van der Waals surface area contributed by atoms with Crippen molar-refractivity contribution < 1.29 is 39.5 Å². The van der Waals surface area contributed by atoms with Crippen molar-refractivity contribution in [1.29, 1.82) is 0 Å². The van der Waals surface area contributed by atoms with Crippen molar-refractivity contribution in [3.63, 3.8) is 0 Å². The van der Waals surface area contributed by atoms with E-state index in [2.05, 4.69) is 0 Å². The number of hydrogen-bond donors (Lipinski definition) is 4. The highest BCUT2D eigenvalue weighted by atomic mass is 16.6. The molecule has 0 aromatic carbocycles. The van der Waals surface area contributed by atoms with Crippen molar-refractivity contribution in [2.45, 2.75) is 81.9 Å². The average molecular weight is 410 g/mol. The minimum absolute atomic E-state index is 0.0236. The third-order valence-electron chi connectivity index (χ3n) is 8.35. The Kier molecular flexibility index (Phi) is 4.16. The van der Waals surface area contributed by atoms with Crippen LogP contribution in [0.15, 0.2) is 11.6 Å². The molecule has 0 spiro atoms. The van der Waals surface area contributed by atoms with Crippen LogP contribution in [-0.2, 0) is 19.1 Å². The van der Waals surface area contributed by atoms with Gasteiger partial charge >= 0.3 is 11.9 Å². The predicted molar refractivity (Wildman–Crippen MR) is 99.3 cm³/mol. The summed E-state index contributed by atoms with van der Waals surface area (Å²) in [7, 11) is 0. The molecule has 8 nitrogen and oxygen atoms in total. The molecular weight excluding hydrogens is 380 g/mol. The third kappa shape index (κ3) is 2.03. The van der Waals surface area contributed by atoms with Crippen LogP contribution in [0.25, 0.3) is 0 Å². The number of carbonyl (C=O) groups excluding carboxylic acids is 2. The number of rotatable bonds is 3. The summed E-state index contributed by atoms with van der Waals surface area (Å²) in [6, 6.07) is 0. The largest absolute Gasteiger partial charge is 0.465 e. The topological polar surface area (TPSA) is 134 Å². The van der Waals surface area contributed by atoms with Crippen molar-refractivity contribution >= 4 is 11.9 Å². The van der Waals surface area contributed by atoms with Gasteiger partial charge in [0, 0.05) is 24.7 Å². The van der Waals surface area contributed by atoms with Crippen LogP contribution in [0.5, 0.6) is 0 Å². The molecule has 4 aliphatic rings. The maximum absolute atomic E-state index is 12.5. The van der Waals surface area contributed by atoms with Crippen LogP contribution in [0.1, 0.15) is 53.4 Å². The van der Waals surface area contributed by atoms with Gasteiger partial charge in [-0.2, -0.15) is 0 Å². The summed E-state index contributed by atoms with van der Waals surface area (Å²) in [5.74, 6) is -1.76. The first-order valence-corrected chi connectivity index (χ1v) is 10.2. The van der Waals surface area contributed by atoms with Crippen LogP contribution >= 0.6 is 0 Å². The Balaban J connectivity index is 1.89. The van der Waals surface area contributed by atoms with E-state index in [1.165, 1.54) is 13.0 Å². The number of hydrogen-bond acceptors (Lipinski definition) is 8. The lowest BCUT2D eigenvalue weighted by atomic mass is 9.56. The Labute approximate surface area is 169 Å². The fourth-order valence-corrected chi connectivity index (χ4v) is 6.58. The highest BCUT2D eigenvalue weighted by Gasteiger charge is 2.93. The van der Waals surface area contributed by atoms with Gasteiger partial charge in [-0.15, -0.1) is 0 Å². The van der Waals surface area contributed by atoms with E-state index in [0.717, 1.165) is 0 Å². The summed E-state index contributed by atoms with van der Waals surface area (Å²) in [5, 5.41) is 46.9. The maximum Gasteiger partial charge on any atom is 0.307 e. The van der Waals surface area contributed by atoms with Crippen LogP contribution in [0.2, 0.25) is 0 Å². The quantitative estimate of drug-likeness (QED) is 0.383. The van der Waals surface area contributed by atoms with E-state index in [-0.39, 0.29) is 37.7 Å². The first-order chi connectivity index (χ1) is 13.3. The standard InChI is InChI=1S/C21H30O8/c1-11-5-6-18(25)17(4)9-15(23)29-21(18,16(11)24)20(27)8-14(7-19(17,20)26)12(2)10-28-13(3)22/h8,11-12,16,24-27H,5-7,9-10H2,1-4H3. The highest BCUT2D eigenvalue weighted by Crippen LogP contribution is 2.75. The third-order valence-corrected chi connectivity index (χ3v) is 8.35. The molecule has 8 heteroatoms.